The summed E-state index contributed by atoms with van der Waals surface area (Å²) in [5, 5.41) is 11.2. The Hall–Kier alpha value is -3.52. The molecule has 0 saturated heterocycles. The standard InChI is InChI=1S/C27H31N3O4S/c1-4-20(2)16-29(27(32)23-11-8-12-24(15-23)30(33)34)19-26(31)28(17-22-9-6-5-7-10-22)18-25-14-13-21(3)35-25/h5-15,20H,4,16-19H2,1-3H3. The molecule has 2 amide bonds. The molecule has 0 aliphatic carbocycles. The number of hydrogen-bond acceptors (Lipinski definition) is 5. The first kappa shape index (κ1) is 26.1. The zero-order valence-electron chi connectivity index (χ0n) is 20.3. The summed E-state index contributed by atoms with van der Waals surface area (Å²) in [6.45, 7) is 7.26. The van der Waals surface area contributed by atoms with Gasteiger partial charge in [-0.1, -0.05) is 56.7 Å². The topological polar surface area (TPSA) is 83.8 Å². The lowest BCUT2D eigenvalue weighted by molar-refractivity contribution is -0.384. The molecule has 1 atom stereocenters. The Morgan fingerprint density at radius 3 is 2.37 bits per heavy atom. The molecule has 0 bridgehead atoms. The highest BCUT2D eigenvalue weighted by atomic mass is 32.1. The van der Waals surface area contributed by atoms with E-state index >= 15 is 0 Å². The second-order valence-electron chi connectivity index (χ2n) is 8.75. The predicted octanol–water partition coefficient (Wildman–Crippen LogP) is 5.68. The third-order valence-electron chi connectivity index (χ3n) is 5.86. The summed E-state index contributed by atoms with van der Waals surface area (Å²) >= 11 is 1.65. The van der Waals surface area contributed by atoms with Crippen molar-refractivity contribution in [3.8, 4) is 0 Å². The number of thiophene rings is 1. The summed E-state index contributed by atoms with van der Waals surface area (Å²) < 4.78 is 0. The van der Waals surface area contributed by atoms with Crippen molar-refractivity contribution in [3.05, 3.63) is 97.7 Å². The van der Waals surface area contributed by atoms with Crippen molar-refractivity contribution in [3.63, 3.8) is 0 Å². The van der Waals surface area contributed by atoms with Gasteiger partial charge in [-0.25, -0.2) is 0 Å². The molecule has 3 rings (SSSR count). The van der Waals surface area contributed by atoms with Crippen LogP contribution in [-0.2, 0) is 17.9 Å². The van der Waals surface area contributed by atoms with Gasteiger partial charge in [0, 0.05) is 40.5 Å². The van der Waals surface area contributed by atoms with Crippen LogP contribution in [0.3, 0.4) is 0 Å². The maximum Gasteiger partial charge on any atom is 0.270 e. The summed E-state index contributed by atoms with van der Waals surface area (Å²) in [5.41, 5.74) is 1.07. The summed E-state index contributed by atoms with van der Waals surface area (Å²) in [4.78, 5) is 43.2. The monoisotopic (exact) mass is 493 g/mol. The highest BCUT2D eigenvalue weighted by molar-refractivity contribution is 7.11. The van der Waals surface area contributed by atoms with E-state index in [1.165, 1.54) is 28.0 Å². The summed E-state index contributed by atoms with van der Waals surface area (Å²) in [6.07, 6.45) is 0.842. The van der Waals surface area contributed by atoms with Crippen molar-refractivity contribution in [2.45, 2.75) is 40.3 Å². The van der Waals surface area contributed by atoms with E-state index in [-0.39, 0.29) is 35.5 Å². The molecular formula is C27H31N3O4S. The van der Waals surface area contributed by atoms with Gasteiger partial charge in [-0.2, -0.15) is 0 Å². The molecular weight excluding hydrogens is 462 g/mol. The third-order valence-corrected chi connectivity index (χ3v) is 6.84. The summed E-state index contributed by atoms with van der Waals surface area (Å²) in [5.74, 6) is -0.371. The highest BCUT2D eigenvalue weighted by Gasteiger charge is 2.25. The van der Waals surface area contributed by atoms with E-state index in [0.717, 1.165) is 16.9 Å². The first-order valence-electron chi connectivity index (χ1n) is 11.7. The van der Waals surface area contributed by atoms with Crippen LogP contribution in [0, 0.1) is 23.0 Å². The molecule has 1 unspecified atom stereocenters. The number of carbonyl (C=O) groups is 2. The minimum absolute atomic E-state index is 0.0942. The van der Waals surface area contributed by atoms with E-state index in [2.05, 4.69) is 0 Å². The smallest absolute Gasteiger partial charge is 0.270 e. The lowest BCUT2D eigenvalue weighted by Crippen LogP contribution is -2.44. The van der Waals surface area contributed by atoms with Crippen molar-refractivity contribution in [2.24, 2.45) is 5.92 Å². The normalized spacial score (nSPS) is 11.6. The van der Waals surface area contributed by atoms with Crippen LogP contribution < -0.4 is 0 Å². The fourth-order valence-electron chi connectivity index (χ4n) is 3.72. The molecule has 3 aromatic rings. The summed E-state index contributed by atoms with van der Waals surface area (Å²) in [6, 6.07) is 19.5. The van der Waals surface area contributed by atoms with Crippen molar-refractivity contribution >= 4 is 28.8 Å². The highest BCUT2D eigenvalue weighted by Crippen LogP contribution is 2.20. The number of hydrogen-bond donors (Lipinski definition) is 0. The van der Waals surface area contributed by atoms with Crippen molar-refractivity contribution in [2.75, 3.05) is 13.1 Å². The molecule has 0 N–H and O–H groups in total. The molecule has 35 heavy (non-hydrogen) atoms. The van der Waals surface area contributed by atoms with Gasteiger partial charge >= 0.3 is 0 Å². The summed E-state index contributed by atoms with van der Waals surface area (Å²) in [7, 11) is 0. The van der Waals surface area contributed by atoms with Gasteiger partial charge in [0.1, 0.15) is 6.54 Å². The molecule has 0 saturated carbocycles. The first-order valence-corrected chi connectivity index (χ1v) is 12.5. The van der Waals surface area contributed by atoms with Gasteiger partial charge < -0.3 is 9.80 Å². The van der Waals surface area contributed by atoms with Crippen molar-refractivity contribution in [1.29, 1.82) is 0 Å². The minimum Gasteiger partial charge on any atom is -0.332 e. The van der Waals surface area contributed by atoms with Crippen molar-refractivity contribution in [1.82, 2.24) is 9.80 Å². The Morgan fingerprint density at radius 1 is 1.00 bits per heavy atom. The molecule has 2 aromatic carbocycles. The van der Waals surface area contributed by atoms with Crippen LogP contribution in [0.25, 0.3) is 0 Å². The zero-order chi connectivity index (χ0) is 25.4. The van der Waals surface area contributed by atoms with Crippen LogP contribution in [-0.4, -0.2) is 39.6 Å². The zero-order valence-corrected chi connectivity index (χ0v) is 21.2. The van der Waals surface area contributed by atoms with E-state index in [0.29, 0.717) is 19.6 Å². The lowest BCUT2D eigenvalue weighted by atomic mass is 10.1. The lowest BCUT2D eigenvalue weighted by Gasteiger charge is -2.29. The number of non-ortho nitro benzene ring substituents is 1. The molecule has 0 spiro atoms. The Kier molecular flexibility index (Phi) is 9.14. The van der Waals surface area contributed by atoms with Gasteiger partial charge in [-0.3, -0.25) is 19.7 Å². The second-order valence-corrected chi connectivity index (χ2v) is 10.1. The van der Waals surface area contributed by atoms with Crippen LogP contribution in [0.5, 0.6) is 0 Å². The van der Waals surface area contributed by atoms with Crippen LogP contribution in [0.2, 0.25) is 0 Å². The van der Waals surface area contributed by atoms with Crippen LogP contribution >= 0.6 is 11.3 Å². The number of nitrogens with zero attached hydrogens (tertiary/aromatic N) is 3. The average Bonchev–Trinajstić information content (AvgIpc) is 3.27. The van der Waals surface area contributed by atoms with Gasteiger partial charge in [-0.05, 0) is 36.6 Å². The van der Waals surface area contributed by atoms with Gasteiger partial charge in [0.2, 0.25) is 5.91 Å². The van der Waals surface area contributed by atoms with Crippen LogP contribution in [0.4, 0.5) is 5.69 Å². The van der Waals surface area contributed by atoms with Crippen LogP contribution in [0.15, 0.2) is 66.7 Å². The number of nitro groups is 1. The second kappa shape index (κ2) is 12.3. The molecule has 0 fully saturated rings. The predicted molar refractivity (Wildman–Crippen MR) is 138 cm³/mol. The SMILES string of the molecule is CCC(C)CN(CC(=O)N(Cc1ccccc1)Cc1ccc(C)s1)C(=O)c1cccc([N+](=O)[O-])c1. The van der Waals surface area contributed by atoms with Gasteiger partial charge in [0.15, 0.2) is 0 Å². The molecule has 8 heteroatoms. The van der Waals surface area contributed by atoms with E-state index in [4.69, 9.17) is 0 Å². The van der Waals surface area contributed by atoms with Crippen molar-refractivity contribution < 1.29 is 14.5 Å². The third kappa shape index (κ3) is 7.48. The Balaban J connectivity index is 1.85. The quantitative estimate of drug-likeness (QED) is 0.254. The number of rotatable bonds is 11. The maximum absolute atomic E-state index is 13.6. The maximum atomic E-state index is 13.6. The molecule has 0 aliphatic rings. The number of carbonyl (C=O) groups excluding carboxylic acids is 2. The average molecular weight is 494 g/mol. The fraction of sp³-hybridized carbons (Fsp3) is 0.333. The molecule has 1 heterocycles. The largest absolute Gasteiger partial charge is 0.332 e. The molecule has 184 valence electrons. The van der Waals surface area contributed by atoms with E-state index in [1.807, 2.05) is 63.2 Å². The van der Waals surface area contributed by atoms with E-state index in [9.17, 15) is 19.7 Å². The number of benzene rings is 2. The number of nitro benzene ring substituents is 1. The fourth-order valence-corrected chi connectivity index (χ4v) is 4.62. The molecule has 0 aliphatic heterocycles. The Labute approximate surface area is 210 Å². The Morgan fingerprint density at radius 2 is 1.74 bits per heavy atom. The number of amides is 2. The molecule has 7 nitrogen and oxygen atoms in total. The van der Waals surface area contributed by atoms with E-state index < -0.39 is 4.92 Å². The molecule has 1 aromatic heterocycles. The van der Waals surface area contributed by atoms with Gasteiger partial charge in [0.05, 0.1) is 11.5 Å². The first-order chi connectivity index (χ1) is 16.8. The van der Waals surface area contributed by atoms with Crippen LogP contribution in [0.1, 0.15) is 45.9 Å². The van der Waals surface area contributed by atoms with Gasteiger partial charge in [-0.15, -0.1) is 11.3 Å². The van der Waals surface area contributed by atoms with Gasteiger partial charge in [0.25, 0.3) is 11.6 Å². The minimum atomic E-state index is -0.522. The Bertz CT molecular complexity index is 1160. The number of aryl methyl sites for hydroxylation is 1. The van der Waals surface area contributed by atoms with E-state index in [1.54, 1.807) is 22.3 Å². The molecule has 0 radical (unpaired) electrons.